The fraction of sp³-hybridized carbons (Fsp3) is 0.286. The molecule has 0 aliphatic heterocycles. The van der Waals surface area contributed by atoms with Gasteiger partial charge in [0.25, 0.3) is 0 Å². The highest BCUT2D eigenvalue weighted by atomic mass is 28.3. The van der Waals surface area contributed by atoms with Crippen molar-refractivity contribution in [3.05, 3.63) is 85.5 Å². The van der Waals surface area contributed by atoms with Gasteiger partial charge in [-0.3, -0.25) is 0 Å². The topological polar surface area (TPSA) is 17.6 Å². The van der Waals surface area contributed by atoms with Crippen molar-refractivity contribution in [3.8, 4) is 11.4 Å². The van der Waals surface area contributed by atoms with Gasteiger partial charge >= 0.3 is 0 Å². The Morgan fingerprint density at radius 2 is 0.971 bits per heavy atom. The number of hydrogen-bond donors (Lipinski definition) is 0. The molecule has 0 saturated heterocycles. The Labute approximate surface area is 204 Å². The zero-order valence-electron chi connectivity index (χ0n) is 21.3. The lowest BCUT2D eigenvalue weighted by molar-refractivity contribution is -0.655. The maximum Gasteiger partial charge on any atom is 0.249 e. The molecule has 34 heavy (non-hydrogen) atoms. The van der Waals surface area contributed by atoms with E-state index in [-0.39, 0.29) is 0 Å². The van der Waals surface area contributed by atoms with Gasteiger partial charge in [-0.05, 0) is 36.4 Å². The van der Waals surface area contributed by atoms with Crippen LogP contribution in [-0.2, 0) is 12.3 Å². The van der Waals surface area contributed by atoms with Gasteiger partial charge in [-0.25, -0.2) is 9.13 Å². The average molecular weight is 485 g/mol. The van der Waals surface area contributed by atoms with Crippen LogP contribution in [0.25, 0.3) is 33.4 Å². The Kier molecular flexibility index (Phi) is 5.61. The molecule has 0 atom stereocenters. The third-order valence-corrected chi connectivity index (χ3v) is 8.67. The van der Waals surface area contributed by atoms with E-state index in [1.54, 1.807) is 0 Å². The molecule has 0 bridgehead atoms. The molecule has 2 aromatic heterocycles. The first-order valence-electron chi connectivity index (χ1n) is 12.2. The molecule has 0 N–H and O–H groups in total. The standard InChI is InChI=1S/C28H36N4Si2/c1-33(2,3)21-29-19-31(27-16-9-7-14-25(27)29)23-12-11-13-24(18-23)32-20-30(22-34(4,5)6)26-15-8-10-17-28(26)32/h7-20H,21-22H2,1-6H3/q+2. The molecule has 174 valence electrons. The number of para-hydroxylation sites is 4. The largest absolute Gasteiger partial charge is 0.249 e. The summed E-state index contributed by atoms with van der Waals surface area (Å²) in [6, 6.07) is 26.5. The number of aromatic nitrogens is 4. The lowest BCUT2D eigenvalue weighted by atomic mass is 10.2. The minimum atomic E-state index is -1.27. The second kappa shape index (κ2) is 8.36. The minimum Gasteiger partial charge on any atom is -0.233 e. The zero-order chi connectivity index (χ0) is 24.1. The highest BCUT2D eigenvalue weighted by molar-refractivity contribution is 6.74. The summed E-state index contributed by atoms with van der Waals surface area (Å²) >= 11 is 0. The van der Waals surface area contributed by atoms with Crippen LogP contribution < -0.4 is 9.13 Å². The van der Waals surface area contributed by atoms with Crippen LogP contribution in [0.4, 0.5) is 0 Å². The van der Waals surface area contributed by atoms with Crippen molar-refractivity contribution in [2.24, 2.45) is 0 Å². The lowest BCUT2D eigenvalue weighted by Gasteiger charge is -2.12. The summed E-state index contributed by atoms with van der Waals surface area (Å²) in [4.78, 5) is 0. The van der Waals surface area contributed by atoms with Crippen molar-refractivity contribution in [2.75, 3.05) is 0 Å². The highest BCUT2D eigenvalue weighted by Gasteiger charge is 2.25. The predicted molar refractivity (Wildman–Crippen MR) is 147 cm³/mol. The maximum absolute atomic E-state index is 2.45. The van der Waals surface area contributed by atoms with E-state index in [4.69, 9.17) is 0 Å². The zero-order valence-corrected chi connectivity index (χ0v) is 23.3. The lowest BCUT2D eigenvalue weighted by Crippen LogP contribution is -2.45. The Balaban J connectivity index is 1.64. The van der Waals surface area contributed by atoms with Crippen molar-refractivity contribution in [3.63, 3.8) is 0 Å². The van der Waals surface area contributed by atoms with Gasteiger partial charge in [0.05, 0.1) is 28.5 Å². The number of hydrogen-bond acceptors (Lipinski definition) is 0. The molecule has 0 spiro atoms. The second-order valence-electron chi connectivity index (χ2n) is 11.8. The summed E-state index contributed by atoms with van der Waals surface area (Å²) in [5, 5.41) is 0. The Hall–Kier alpha value is -2.97. The third-order valence-electron chi connectivity index (χ3n) is 6.09. The smallest absolute Gasteiger partial charge is 0.233 e. The van der Waals surface area contributed by atoms with Crippen LogP contribution in [0.15, 0.2) is 85.5 Å². The summed E-state index contributed by atoms with van der Waals surface area (Å²) in [7, 11) is -2.54. The third kappa shape index (κ3) is 4.52. The summed E-state index contributed by atoms with van der Waals surface area (Å²) < 4.78 is 9.59. The quantitative estimate of drug-likeness (QED) is 0.211. The van der Waals surface area contributed by atoms with Gasteiger partial charge in [-0.1, -0.05) is 69.6 Å². The summed E-state index contributed by atoms with van der Waals surface area (Å²) in [5.41, 5.74) is 7.49. The number of rotatable bonds is 6. The molecule has 0 fully saturated rings. The van der Waals surface area contributed by atoms with E-state index in [2.05, 4.69) is 143 Å². The molecule has 0 saturated carbocycles. The fourth-order valence-corrected chi connectivity index (χ4v) is 7.38. The molecule has 0 aliphatic carbocycles. The molecule has 6 heteroatoms. The van der Waals surface area contributed by atoms with Crippen molar-refractivity contribution < 1.29 is 9.13 Å². The van der Waals surface area contributed by atoms with Crippen LogP contribution in [0.1, 0.15) is 0 Å². The SMILES string of the molecule is C[Si](C)(C)C[n+]1cn(-c2cccc(-n3c[n+](C[Si](C)(C)C)c4ccccc43)c2)c2ccccc21. The van der Waals surface area contributed by atoms with Gasteiger partial charge in [-0.2, -0.15) is 9.13 Å². The number of benzene rings is 3. The fourth-order valence-electron chi connectivity index (χ4n) is 4.83. The van der Waals surface area contributed by atoms with Crippen molar-refractivity contribution >= 4 is 38.2 Å². The number of fused-ring (bicyclic) bond motifs is 2. The van der Waals surface area contributed by atoms with Crippen LogP contribution in [-0.4, -0.2) is 25.3 Å². The Bertz CT molecular complexity index is 1370. The summed E-state index contributed by atoms with van der Waals surface area (Å²) in [6.45, 7) is 14.6. The van der Waals surface area contributed by atoms with Crippen molar-refractivity contribution in [2.45, 2.75) is 51.6 Å². The number of nitrogens with zero attached hydrogens (tertiary/aromatic N) is 4. The van der Waals surface area contributed by atoms with E-state index in [9.17, 15) is 0 Å². The summed E-state index contributed by atoms with van der Waals surface area (Å²) in [5.74, 6) is 0. The van der Waals surface area contributed by atoms with Crippen LogP contribution in [0.2, 0.25) is 39.3 Å². The van der Waals surface area contributed by atoms with Crippen molar-refractivity contribution in [1.29, 1.82) is 0 Å². The van der Waals surface area contributed by atoms with Crippen LogP contribution in [0, 0.1) is 0 Å². The van der Waals surface area contributed by atoms with Gasteiger partial charge in [0.2, 0.25) is 12.7 Å². The Morgan fingerprint density at radius 1 is 0.559 bits per heavy atom. The molecule has 3 aromatic carbocycles. The van der Waals surface area contributed by atoms with Gasteiger partial charge in [0.15, 0.2) is 22.1 Å². The van der Waals surface area contributed by atoms with E-state index < -0.39 is 16.1 Å². The summed E-state index contributed by atoms with van der Waals surface area (Å²) in [6.07, 6.45) is 6.81. The van der Waals surface area contributed by atoms with Gasteiger partial charge < -0.3 is 0 Å². The van der Waals surface area contributed by atoms with E-state index >= 15 is 0 Å². The van der Waals surface area contributed by atoms with Gasteiger partial charge in [0, 0.05) is 6.07 Å². The molecular weight excluding hydrogens is 449 g/mol. The van der Waals surface area contributed by atoms with E-state index in [0.29, 0.717) is 0 Å². The first-order valence-corrected chi connectivity index (χ1v) is 19.6. The molecule has 4 nitrogen and oxygen atoms in total. The molecular formula is C28H36N4Si2+2. The molecule has 0 amide bonds. The highest BCUT2D eigenvalue weighted by Crippen LogP contribution is 2.23. The van der Waals surface area contributed by atoms with Crippen LogP contribution in [0.3, 0.4) is 0 Å². The second-order valence-corrected chi connectivity index (χ2v) is 22.7. The van der Waals surface area contributed by atoms with Crippen LogP contribution in [0.5, 0.6) is 0 Å². The van der Waals surface area contributed by atoms with Crippen molar-refractivity contribution in [1.82, 2.24) is 9.13 Å². The van der Waals surface area contributed by atoms with Crippen LogP contribution >= 0.6 is 0 Å². The molecule has 5 aromatic rings. The predicted octanol–water partition coefficient (Wildman–Crippen LogP) is 5.90. The minimum absolute atomic E-state index is 1.11. The average Bonchev–Trinajstić information content (AvgIpc) is 3.31. The molecule has 2 heterocycles. The monoisotopic (exact) mass is 484 g/mol. The molecule has 0 unspecified atom stereocenters. The number of imidazole rings is 2. The first kappa shape index (κ1) is 22.8. The maximum atomic E-state index is 2.45. The Morgan fingerprint density at radius 3 is 1.38 bits per heavy atom. The van der Waals surface area contributed by atoms with E-state index in [1.807, 2.05) is 0 Å². The van der Waals surface area contributed by atoms with E-state index in [0.717, 1.165) is 12.3 Å². The first-order chi connectivity index (χ1) is 16.1. The van der Waals surface area contributed by atoms with Gasteiger partial charge in [-0.15, -0.1) is 0 Å². The van der Waals surface area contributed by atoms with E-state index in [1.165, 1.54) is 33.4 Å². The molecule has 5 rings (SSSR count). The normalized spacial score (nSPS) is 12.6. The molecule has 0 aliphatic rings. The van der Waals surface area contributed by atoms with Gasteiger partial charge in [0.1, 0.15) is 11.4 Å². The molecule has 0 radical (unpaired) electrons.